The van der Waals surface area contributed by atoms with Crippen LogP contribution in [-0.2, 0) is 6.42 Å². The summed E-state index contributed by atoms with van der Waals surface area (Å²) in [5.41, 5.74) is 0.496. The van der Waals surface area contributed by atoms with Gasteiger partial charge in [0.1, 0.15) is 5.76 Å². The van der Waals surface area contributed by atoms with Crippen LogP contribution < -0.4 is 5.32 Å². The van der Waals surface area contributed by atoms with Gasteiger partial charge in [-0.25, -0.2) is 4.98 Å². The summed E-state index contributed by atoms with van der Waals surface area (Å²) in [4.78, 5) is 18.3. The second kappa shape index (κ2) is 6.70. The normalized spacial score (nSPS) is 16.8. The summed E-state index contributed by atoms with van der Waals surface area (Å²) in [5, 5.41) is 3.18. The van der Waals surface area contributed by atoms with Crippen LogP contribution in [0.1, 0.15) is 42.4 Å². The smallest absolute Gasteiger partial charge is 0.276 e. The summed E-state index contributed by atoms with van der Waals surface area (Å²) < 4.78 is 5.23. The molecule has 0 bridgehead atoms. The molecule has 0 saturated carbocycles. The summed E-state index contributed by atoms with van der Waals surface area (Å²) in [6.07, 6.45) is 5.45. The maximum Gasteiger partial charge on any atom is 0.276 e. The van der Waals surface area contributed by atoms with Gasteiger partial charge in [0.05, 0.1) is 0 Å². The molecule has 1 aliphatic heterocycles. The van der Waals surface area contributed by atoms with Gasteiger partial charge in [-0.1, -0.05) is 6.92 Å². The Hall–Kier alpha value is -1.36. The van der Waals surface area contributed by atoms with E-state index in [1.165, 1.54) is 12.8 Å². The van der Waals surface area contributed by atoms with Gasteiger partial charge in [0.15, 0.2) is 12.1 Å². The van der Waals surface area contributed by atoms with E-state index in [1.54, 1.807) is 0 Å². The molecule has 1 aliphatic rings. The Labute approximate surface area is 114 Å². The van der Waals surface area contributed by atoms with Crippen molar-refractivity contribution in [3.8, 4) is 0 Å². The quantitative estimate of drug-likeness (QED) is 0.880. The molecule has 1 fully saturated rings. The lowest BCUT2D eigenvalue weighted by molar-refractivity contribution is 0.0679. The number of nitrogens with one attached hydrogen (secondary N) is 1. The van der Waals surface area contributed by atoms with Gasteiger partial charge in [-0.15, -0.1) is 0 Å². The number of hydrogen-bond donors (Lipinski definition) is 1. The fourth-order valence-corrected chi connectivity index (χ4v) is 2.62. The third kappa shape index (κ3) is 3.35. The molecule has 1 saturated heterocycles. The molecule has 0 aromatic carbocycles. The monoisotopic (exact) mass is 265 g/mol. The number of piperidine rings is 1. The average Bonchev–Trinajstić information content (AvgIpc) is 2.93. The van der Waals surface area contributed by atoms with Crippen molar-refractivity contribution < 1.29 is 9.21 Å². The van der Waals surface area contributed by atoms with E-state index in [0.717, 1.165) is 38.4 Å². The number of carbonyl (C=O) groups excluding carboxylic acids is 1. The number of nitrogens with zero attached hydrogens (tertiary/aromatic N) is 2. The molecule has 19 heavy (non-hydrogen) atoms. The number of aromatic nitrogens is 1. The maximum atomic E-state index is 12.4. The molecule has 0 unspecified atom stereocenters. The van der Waals surface area contributed by atoms with E-state index in [1.807, 2.05) is 18.9 Å². The average molecular weight is 265 g/mol. The van der Waals surface area contributed by atoms with E-state index in [-0.39, 0.29) is 5.91 Å². The summed E-state index contributed by atoms with van der Waals surface area (Å²) in [6, 6.07) is 0. The number of likely N-dealkylation sites (tertiary alicyclic amines) is 1. The van der Waals surface area contributed by atoms with Crippen molar-refractivity contribution in [3.63, 3.8) is 0 Å². The number of aryl methyl sites for hydroxylation is 1. The molecule has 1 amide bonds. The predicted octanol–water partition coefficient (Wildman–Crippen LogP) is 1.70. The van der Waals surface area contributed by atoms with Crippen LogP contribution in [0.4, 0.5) is 0 Å². The summed E-state index contributed by atoms with van der Waals surface area (Å²) in [6.45, 7) is 4.70. The van der Waals surface area contributed by atoms with Crippen molar-refractivity contribution in [3.05, 3.63) is 17.8 Å². The van der Waals surface area contributed by atoms with Crippen LogP contribution in [0.3, 0.4) is 0 Å². The molecule has 0 spiro atoms. The number of rotatable bonds is 5. The molecule has 5 nitrogen and oxygen atoms in total. The maximum absolute atomic E-state index is 12.4. The highest BCUT2D eigenvalue weighted by molar-refractivity contribution is 5.93. The van der Waals surface area contributed by atoms with Crippen LogP contribution >= 0.6 is 0 Å². The first-order chi connectivity index (χ1) is 9.26. The third-order valence-electron chi connectivity index (χ3n) is 3.87. The number of carbonyl (C=O) groups is 1. The molecule has 5 heteroatoms. The highest BCUT2D eigenvalue weighted by atomic mass is 16.3. The minimum atomic E-state index is 0.0256. The molecule has 0 radical (unpaired) electrons. The van der Waals surface area contributed by atoms with Crippen LogP contribution in [-0.4, -0.2) is 42.5 Å². The highest BCUT2D eigenvalue weighted by Gasteiger charge is 2.26. The van der Waals surface area contributed by atoms with Crippen LogP contribution in [0.2, 0.25) is 0 Å². The molecule has 2 heterocycles. The van der Waals surface area contributed by atoms with Crippen molar-refractivity contribution in [1.29, 1.82) is 0 Å². The topological polar surface area (TPSA) is 58.4 Å². The van der Waals surface area contributed by atoms with Crippen LogP contribution in [0.15, 0.2) is 10.8 Å². The lowest BCUT2D eigenvalue weighted by Crippen LogP contribution is -2.39. The molecule has 1 aromatic rings. The Bertz CT molecular complexity index is 409. The molecule has 1 N–H and O–H groups in total. The third-order valence-corrected chi connectivity index (χ3v) is 3.87. The fourth-order valence-electron chi connectivity index (χ4n) is 2.62. The van der Waals surface area contributed by atoms with E-state index < -0.39 is 0 Å². The first kappa shape index (κ1) is 14.1. The van der Waals surface area contributed by atoms with E-state index in [9.17, 15) is 4.79 Å². The van der Waals surface area contributed by atoms with Crippen LogP contribution in [0.25, 0.3) is 0 Å². The van der Waals surface area contributed by atoms with Crippen molar-refractivity contribution in [2.75, 3.05) is 26.7 Å². The van der Waals surface area contributed by atoms with E-state index in [2.05, 4.69) is 10.3 Å². The van der Waals surface area contributed by atoms with Gasteiger partial charge in [-0.2, -0.15) is 0 Å². The molecule has 2 rings (SSSR count). The minimum Gasteiger partial charge on any atom is -0.448 e. The fraction of sp³-hybridized carbons (Fsp3) is 0.714. The Morgan fingerprint density at radius 2 is 2.26 bits per heavy atom. The van der Waals surface area contributed by atoms with Gasteiger partial charge in [0.25, 0.3) is 5.91 Å². The zero-order chi connectivity index (χ0) is 13.7. The molecular formula is C14H23N3O2. The van der Waals surface area contributed by atoms with Gasteiger partial charge in [-0.05, 0) is 38.8 Å². The zero-order valence-electron chi connectivity index (χ0n) is 11.8. The Morgan fingerprint density at radius 1 is 1.53 bits per heavy atom. The second-order valence-electron chi connectivity index (χ2n) is 5.11. The van der Waals surface area contributed by atoms with Crippen LogP contribution in [0, 0.1) is 5.92 Å². The van der Waals surface area contributed by atoms with Crippen molar-refractivity contribution >= 4 is 5.91 Å². The van der Waals surface area contributed by atoms with Gasteiger partial charge in [0.2, 0.25) is 0 Å². The van der Waals surface area contributed by atoms with Crippen molar-refractivity contribution in [2.45, 2.75) is 32.6 Å². The largest absolute Gasteiger partial charge is 0.448 e. The first-order valence-electron chi connectivity index (χ1n) is 7.12. The minimum absolute atomic E-state index is 0.0256. The molecule has 0 aliphatic carbocycles. The summed E-state index contributed by atoms with van der Waals surface area (Å²) >= 11 is 0. The number of hydrogen-bond acceptors (Lipinski definition) is 4. The predicted molar refractivity (Wildman–Crippen MR) is 73.1 cm³/mol. The van der Waals surface area contributed by atoms with Gasteiger partial charge in [0, 0.05) is 19.5 Å². The second-order valence-corrected chi connectivity index (χ2v) is 5.11. The lowest BCUT2D eigenvalue weighted by Gasteiger charge is -2.31. The Balaban J connectivity index is 1.89. The molecule has 1 aromatic heterocycles. The van der Waals surface area contributed by atoms with Gasteiger partial charge < -0.3 is 14.6 Å². The molecular weight excluding hydrogens is 242 g/mol. The molecule has 0 atom stereocenters. The van der Waals surface area contributed by atoms with Gasteiger partial charge in [-0.3, -0.25) is 4.79 Å². The zero-order valence-corrected chi connectivity index (χ0v) is 11.8. The van der Waals surface area contributed by atoms with E-state index in [0.29, 0.717) is 17.9 Å². The van der Waals surface area contributed by atoms with E-state index >= 15 is 0 Å². The number of oxazole rings is 1. The lowest BCUT2D eigenvalue weighted by atomic mass is 9.93. The summed E-state index contributed by atoms with van der Waals surface area (Å²) in [7, 11) is 1.98. The highest BCUT2D eigenvalue weighted by Crippen LogP contribution is 2.22. The Morgan fingerprint density at radius 3 is 2.89 bits per heavy atom. The van der Waals surface area contributed by atoms with Crippen LogP contribution in [0.5, 0.6) is 0 Å². The van der Waals surface area contributed by atoms with Crippen molar-refractivity contribution in [2.24, 2.45) is 5.92 Å². The Kier molecular flexibility index (Phi) is 4.96. The summed E-state index contributed by atoms with van der Waals surface area (Å²) in [5.74, 6) is 1.46. The van der Waals surface area contributed by atoms with E-state index in [4.69, 9.17) is 4.42 Å². The van der Waals surface area contributed by atoms with Gasteiger partial charge >= 0.3 is 0 Å². The number of amides is 1. The first-order valence-corrected chi connectivity index (χ1v) is 7.12. The molecule has 106 valence electrons. The van der Waals surface area contributed by atoms with Crippen molar-refractivity contribution in [1.82, 2.24) is 15.2 Å². The standard InChI is InChI=1S/C14H23N3O2/c1-3-12-13(16-10-19-12)14(18)17-8-5-11(6-9-17)4-7-15-2/h10-11,15H,3-9H2,1-2H3. The SMILES string of the molecule is CCc1ocnc1C(=O)N1CCC(CCNC)CC1.